The zero-order valence-electron chi connectivity index (χ0n) is 19.6. The highest BCUT2D eigenvalue weighted by Crippen LogP contribution is 2.45. The molecule has 0 aliphatic carbocycles. The van der Waals surface area contributed by atoms with Crippen LogP contribution < -0.4 is 4.31 Å². The number of rotatable bonds is 7. The van der Waals surface area contributed by atoms with E-state index in [1.807, 2.05) is 32.0 Å². The molecular weight excluding hydrogens is 530 g/mol. The quantitative estimate of drug-likeness (QED) is 0.245. The van der Waals surface area contributed by atoms with Gasteiger partial charge in [0.25, 0.3) is 10.0 Å². The lowest BCUT2D eigenvalue weighted by Gasteiger charge is -2.26. The Hall–Kier alpha value is -3.44. The maximum Gasteiger partial charge on any atom is 0.419 e. The van der Waals surface area contributed by atoms with Crippen molar-refractivity contribution in [2.45, 2.75) is 37.4 Å². The third-order valence-electron chi connectivity index (χ3n) is 5.77. The molecule has 3 aromatic carbocycles. The molecule has 37 heavy (non-hydrogen) atoms. The summed E-state index contributed by atoms with van der Waals surface area (Å²) in [5.41, 5.74) is -0.978. The third-order valence-corrected chi connectivity index (χ3v) is 8.85. The van der Waals surface area contributed by atoms with E-state index in [1.54, 1.807) is 6.07 Å². The van der Waals surface area contributed by atoms with Gasteiger partial charge in [-0.1, -0.05) is 38.1 Å². The van der Waals surface area contributed by atoms with Gasteiger partial charge in [-0.2, -0.15) is 13.2 Å². The average Bonchev–Trinajstić information content (AvgIpc) is 3.22. The number of hydrogen-bond donors (Lipinski definition) is 1. The standard InChI is InChI=1S/C26H21F4NO4S2/c1-15(2)23-19-5-3-4-6-22(19)36-24(23)31(14-16-7-12-21(27)20(13-16)26(28,29)30)37(34,35)18-10-8-17(9-11-18)25(32)33/h3-13,15H,14H2,1-2H3,(H,32,33). The molecule has 11 heteroatoms. The van der Waals surface area contributed by atoms with E-state index < -0.39 is 40.1 Å². The topological polar surface area (TPSA) is 74.7 Å². The summed E-state index contributed by atoms with van der Waals surface area (Å²) in [5.74, 6) is -2.84. The fraction of sp³-hybridized carbons (Fsp3) is 0.192. The Labute approximate surface area is 214 Å². The van der Waals surface area contributed by atoms with Gasteiger partial charge in [0.05, 0.1) is 22.6 Å². The summed E-state index contributed by atoms with van der Waals surface area (Å²) < 4.78 is 83.7. The fourth-order valence-electron chi connectivity index (χ4n) is 4.01. The highest BCUT2D eigenvalue weighted by molar-refractivity contribution is 7.93. The molecule has 1 aromatic heterocycles. The molecule has 0 saturated heterocycles. The molecule has 0 aliphatic heterocycles. The summed E-state index contributed by atoms with van der Waals surface area (Å²) in [6.07, 6.45) is -4.96. The van der Waals surface area contributed by atoms with Crippen molar-refractivity contribution in [1.82, 2.24) is 0 Å². The number of thiophene rings is 1. The molecular formula is C26H21F4NO4S2. The third kappa shape index (κ3) is 5.19. The van der Waals surface area contributed by atoms with Crippen LogP contribution in [0.1, 0.15) is 46.8 Å². The Morgan fingerprint density at radius 3 is 2.27 bits per heavy atom. The maximum atomic E-state index is 13.9. The summed E-state index contributed by atoms with van der Waals surface area (Å²) in [4.78, 5) is 11.0. The molecule has 0 fully saturated rings. The lowest BCUT2D eigenvalue weighted by atomic mass is 10.0. The smallest absolute Gasteiger partial charge is 0.419 e. The Kier molecular flexibility index (Phi) is 7.04. The molecule has 4 aromatic rings. The number of carboxylic acids is 1. The van der Waals surface area contributed by atoms with Crippen LogP contribution in [-0.2, 0) is 22.7 Å². The summed E-state index contributed by atoms with van der Waals surface area (Å²) in [5, 5.41) is 10.3. The average molecular weight is 552 g/mol. The molecule has 0 atom stereocenters. The second kappa shape index (κ2) is 9.79. The van der Waals surface area contributed by atoms with Crippen LogP contribution in [0.25, 0.3) is 10.1 Å². The van der Waals surface area contributed by atoms with Crippen LogP contribution in [0.5, 0.6) is 0 Å². The van der Waals surface area contributed by atoms with Gasteiger partial charge in [0.1, 0.15) is 10.8 Å². The fourth-order valence-corrected chi connectivity index (χ4v) is 7.05. The molecule has 5 nitrogen and oxygen atoms in total. The van der Waals surface area contributed by atoms with Gasteiger partial charge in [-0.05, 0) is 64.9 Å². The van der Waals surface area contributed by atoms with Gasteiger partial charge < -0.3 is 5.11 Å². The molecule has 0 bridgehead atoms. The van der Waals surface area contributed by atoms with Crippen LogP contribution in [0.4, 0.5) is 22.6 Å². The van der Waals surface area contributed by atoms with Gasteiger partial charge in [-0.15, -0.1) is 11.3 Å². The van der Waals surface area contributed by atoms with Crippen molar-refractivity contribution < 1.29 is 35.9 Å². The number of halogens is 4. The molecule has 0 unspecified atom stereocenters. The van der Waals surface area contributed by atoms with Crippen LogP contribution in [0.2, 0.25) is 0 Å². The normalized spacial score (nSPS) is 12.3. The molecule has 4 rings (SSSR count). The lowest BCUT2D eigenvalue weighted by molar-refractivity contribution is -0.140. The van der Waals surface area contributed by atoms with Crippen molar-refractivity contribution in [3.8, 4) is 0 Å². The summed E-state index contributed by atoms with van der Waals surface area (Å²) in [6.45, 7) is 3.26. The molecule has 0 saturated carbocycles. The molecule has 0 radical (unpaired) electrons. The van der Waals surface area contributed by atoms with Gasteiger partial charge in [-0.3, -0.25) is 4.31 Å². The highest BCUT2D eigenvalue weighted by atomic mass is 32.2. The number of carboxylic acid groups (broad SMARTS) is 1. The first kappa shape index (κ1) is 26.6. The summed E-state index contributed by atoms with van der Waals surface area (Å²) >= 11 is 1.18. The van der Waals surface area contributed by atoms with E-state index in [-0.39, 0.29) is 21.9 Å². The minimum absolute atomic E-state index is 0.0633. The Bertz CT molecular complexity index is 1580. The molecule has 1 N–H and O–H groups in total. The number of nitrogens with zero attached hydrogens (tertiary/aromatic N) is 1. The number of aromatic carboxylic acids is 1. The summed E-state index contributed by atoms with van der Waals surface area (Å²) in [6, 6.07) is 14.2. The minimum atomic E-state index is -4.96. The second-order valence-electron chi connectivity index (χ2n) is 8.62. The largest absolute Gasteiger partial charge is 0.478 e. The number of benzene rings is 3. The van der Waals surface area contributed by atoms with E-state index >= 15 is 0 Å². The maximum absolute atomic E-state index is 13.9. The highest BCUT2D eigenvalue weighted by Gasteiger charge is 2.35. The predicted molar refractivity (Wildman–Crippen MR) is 134 cm³/mol. The van der Waals surface area contributed by atoms with Gasteiger partial charge in [0.15, 0.2) is 0 Å². The Morgan fingerprint density at radius 2 is 1.68 bits per heavy atom. The Balaban J connectivity index is 1.93. The number of carbonyl (C=O) groups is 1. The first-order valence-electron chi connectivity index (χ1n) is 11.0. The van der Waals surface area contributed by atoms with E-state index in [0.717, 1.165) is 44.7 Å². The molecule has 0 spiro atoms. The van der Waals surface area contributed by atoms with Crippen molar-refractivity contribution in [3.05, 3.63) is 94.8 Å². The van der Waals surface area contributed by atoms with E-state index in [2.05, 4.69) is 0 Å². The van der Waals surface area contributed by atoms with E-state index in [9.17, 15) is 35.9 Å². The van der Waals surface area contributed by atoms with Crippen LogP contribution in [0, 0.1) is 5.82 Å². The Morgan fingerprint density at radius 1 is 1.03 bits per heavy atom. The predicted octanol–water partition coefficient (Wildman–Crippen LogP) is 7.28. The second-order valence-corrected chi connectivity index (χ2v) is 11.5. The van der Waals surface area contributed by atoms with Crippen LogP contribution in [0.15, 0.2) is 71.6 Å². The van der Waals surface area contributed by atoms with Crippen LogP contribution in [0.3, 0.4) is 0 Å². The van der Waals surface area contributed by atoms with Gasteiger partial charge in [0.2, 0.25) is 0 Å². The van der Waals surface area contributed by atoms with Crippen molar-refractivity contribution in [2.75, 3.05) is 4.31 Å². The van der Waals surface area contributed by atoms with Crippen molar-refractivity contribution in [1.29, 1.82) is 0 Å². The lowest BCUT2D eigenvalue weighted by Crippen LogP contribution is -2.31. The molecule has 0 amide bonds. The van der Waals surface area contributed by atoms with E-state index in [1.165, 1.54) is 11.3 Å². The van der Waals surface area contributed by atoms with Gasteiger partial charge >= 0.3 is 12.1 Å². The minimum Gasteiger partial charge on any atom is -0.478 e. The zero-order chi connectivity index (χ0) is 27.1. The number of sulfonamides is 1. The molecule has 194 valence electrons. The monoisotopic (exact) mass is 551 g/mol. The van der Waals surface area contributed by atoms with Gasteiger partial charge in [0, 0.05) is 4.70 Å². The first-order valence-corrected chi connectivity index (χ1v) is 13.3. The zero-order valence-corrected chi connectivity index (χ0v) is 21.2. The van der Waals surface area contributed by atoms with Crippen LogP contribution in [-0.4, -0.2) is 19.5 Å². The van der Waals surface area contributed by atoms with E-state index in [4.69, 9.17) is 0 Å². The van der Waals surface area contributed by atoms with Crippen molar-refractivity contribution in [3.63, 3.8) is 0 Å². The molecule has 0 aliphatic rings. The molecule has 1 heterocycles. The van der Waals surface area contributed by atoms with Crippen molar-refractivity contribution in [2.24, 2.45) is 0 Å². The SMILES string of the molecule is CC(C)c1c(N(Cc2ccc(F)c(C(F)(F)F)c2)S(=O)(=O)c2ccc(C(=O)O)cc2)sc2ccccc12. The van der Waals surface area contributed by atoms with Crippen LogP contribution >= 0.6 is 11.3 Å². The first-order chi connectivity index (χ1) is 17.3. The number of alkyl halides is 3. The summed E-state index contributed by atoms with van der Waals surface area (Å²) in [7, 11) is -4.38. The van der Waals surface area contributed by atoms with Crippen molar-refractivity contribution >= 4 is 42.4 Å². The number of hydrogen-bond acceptors (Lipinski definition) is 4. The van der Waals surface area contributed by atoms with Gasteiger partial charge in [-0.25, -0.2) is 17.6 Å². The number of fused-ring (bicyclic) bond motifs is 1. The number of anilines is 1. The van der Waals surface area contributed by atoms with E-state index in [0.29, 0.717) is 22.7 Å².